The topological polar surface area (TPSA) is 29.4 Å². The Hall–Kier alpha value is -0.880. The second kappa shape index (κ2) is 8.22. The van der Waals surface area contributed by atoms with E-state index in [0.29, 0.717) is 0 Å². The minimum atomic E-state index is 0.167. The third-order valence-electron chi connectivity index (χ3n) is 1.83. The molecule has 0 aliphatic carbocycles. The zero-order valence-electron chi connectivity index (χ0n) is 7.75. The summed E-state index contributed by atoms with van der Waals surface area (Å²) in [6.07, 6.45) is 8.63. The fraction of sp³-hybridized carbons (Fsp3) is 0.700. The maximum atomic E-state index is 10.0. The number of nitrogens with zero attached hydrogens (tertiary/aromatic N) is 1. The molecule has 2 heteroatoms. The summed E-state index contributed by atoms with van der Waals surface area (Å²) in [5, 5.41) is 0. The lowest BCUT2D eigenvalue weighted by molar-refractivity contribution is 0.525. The molecule has 0 rings (SSSR count). The first kappa shape index (κ1) is 11.1. The minimum absolute atomic E-state index is 0.167. The van der Waals surface area contributed by atoms with Crippen LogP contribution in [-0.2, 0) is 4.79 Å². The van der Waals surface area contributed by atoms with Crippen LogP contribution in [0.3, 0.4) is 0 Å². The predicted octanol–water partition coefficient (Wildman–Crippen LogP) is 2.85. The van der Waals surface area contributed by atoms with Gasteiger partial charge in [0, 0.05) is 0 Å². The van der Waals surface area contributed by atoms with E-state index in [9.17, 15) is 4.79 Å². The molecule has 0 aliphatic rings. The van der Waals surface area contributed by atoms with E-state index in [2.05, 4.69) is 18.5 Å². The fourth-order valence-corrected chi connectivity index (χ4v) is 1.10. The van der Waals surface area contributed by atoms with Crippen molar-refractivity contribution in [3.05, 3.63) is 12.7 Å². The Kier molecular flexibility index (Phi) is 7.62. The van der Waals surface area contributed by atoms with Crippen molar-refractivity contribution in [3.63, 3.8) is 0 Å². The molecule has 0 aliphatic heterocycles. The van der Waals surface area contributed by atoms with Gasteiger partial charge in [-0.3, -0.25) is 0 Å². The van der Waals surface area contributed by atoms with Crippen molar-refractivity contribution >= 4 is 6.08 Å². The predicted molar refractivity (Wildman–Crippen MR) is 50.9 cm³/mol. The van der Waals surface area contributed by atoms with E-state index in [0.717, 1.165) is 32.1 Å². The van der Waals surface area contributed by atoms with Crippen LogP contribution in [-0.4, -0.2) is 12.1 Å². The highest BCUT2D eigenvalue weighted by Gasteiger charge is 2.03. The Morgan fingerprint density at radius 3 is 2.83 bits per heavy atom. The fourth-order valence-electron chi connectivity index (χ4n) is 1.10. The summed E-state index contributed by atoms with van der Waals surface area (Å²) in [4.78, 5) is 13.8. The van der Waals surface area contributed by atoms with Crippen LogP contribution in [0.2, 0.25) is 0 Å². The molecule has 0 bridgehead atoms. The van der Waals surface area contributed by atoms with Gasteiger partial charge in [0.2, 0.25) is 6.08 Å². The van der Waals surface area contributed by atoms with Crippen molar-refractivity contribution in [1.82, 2.24) is 0 Å². The van der Waals surface area contributed by atoms with Crippen molar-refractivity contribution < 1.29 is 4.79 Å². The van der Waals surface area contributed by atoms with E-state index in [1.54, 1.807) is 6.08 Å². The maximum absolute atomic E-state index is 10.0. The number of aliphatic imine (C=N–C) groups is 1. The standard InChI is InChI=1S/C10H17NO/c1-3-5-7-10(11-9-12)8-6-4-2/h3,10H,1,4-8H2,2H3. The second-order valence-corrected chi connectivity index (χ2v) is 2.88. The van der Waals surface area contributed by atoms with Crippen molar-refractivity contribution in [2.24, 2.45) is 4.99 Å². The van der Waals surface area contributed by atoms with Crippen molar-refractivity contribution in [2.45, 2.75) is 45.1 Å². The number of unbranched alkanes of at least 4 members (excludes halogenated alkanes) is 1. The molecule has 68 valence electrons. The Morgan fingerprint density at radius 1 is 1.58 bits per heavy atom. The molecule has 1 atom stereocenters. The van der Waals surface area contributed by atoms with Crippen molar-refractivity contribution in [1.29, 1.82) is 0 Å². The summed E-state index contributed by atoms with van der Waals surface area (Å²) in [5.74, 6) is 0. The Morgan fingerprint density at radius 2 is 2.33 bits per heavy atom. The summed E-state index contributed by atoms with van der Waals surface area (Å²) in [7, 11) is 0. The van der Waals surface area contributed by atoms with Gasteiger partial charge in [-0.2, -0.15) is 0 Å². The quantitative estimate of drug-likeness (QED) is 0.325. The molecule has 0 N–H and O–H groups in total. The largest absolute Gasteiger partial charge is 0.235 e. The van der Waals surface area contributed by atoms with E-state index in [1.807, 2.05) is 6.08 Å². The van der Waals surface area contributed by atoms with Crippen LogP contribution in [0.15, 0.2) is 17.6 Å². The highest BCUT2D eigenvalue weighted by molar-refractivity contribution is 5.33. The lowest BCUT2D eigenvalue weighted by Crippen LogP contribution is -2.03. The molecule has 0 aromatic heterocycles. The van der Waals surface area contributed by atoms with Crippen molar-refractivity contribution in [3.8, 4) is 0 Å². The van der Waals surface area contributed by atoms with E-state index in [-0.39, 0.29) is 6.04 Å². The average Bonchev–Trinajstić information content (AvgIpc) is 2.10. The van der Waals surface area contributed by atoms with E-state index in [4.69, 9.17) is 0 Å². The van der Waals surface area contributed by atoms with Crippen LogP contribution in [0.25, 0.3) is 0 Å². The van der Waals surface area contributed by atoms with Gasteiger partial charge >= 0.3 is 0 Å². The van der Waals surface area contributed by atoms with Crippen LogP contribution in [0.4, 0.5) is 0 Å². The average molecular weight is 167 g/mol. The lowest BCUT2D eigenvalue weighted by atomic mass is 10.1. The summed E-state index contributed by atoms with van der Waals surface area (Å²) in [6, 6.07) is 0.167. The monoisotopic (exact) mass is 167 g/mol. The number of carbonyl (C=O) groups excluding carboxylic acids is 1. The molecular formula is C10H17NO. The van der Waals surface area contributed by atoms with Crippen LogP contribution in [0, 0.1) is 0 Å². The van der Waals surface area contributed by atoms with Gasteiger partial charge < -0.3 is 0 Å². The number of allylic oxidation sites excluding steroid dienone is 1. The lowest BCUT2D eigenvalue weighted by Gasteiger charge is -2.07. The SMILES string of the molecule is C=CCCC(CCCC)N=C=O. The first-order valence-electron chi connectivity index (χ1n) is 4.53. The molecule has 2 nitrogen and oxygen atoms in total. The van der Waals surface area contributed by atoms with E-state index >= 15 is 0 Å². The van der Waals surface area contributed by atoms with Gasteiger partial charge in [0.05, 0.1) is 6.04 Å². The molecule has 0 radical (unpaired) electrons. The highest BCUT2D eigenvalue weighted by Crippen LogP contribution is 2.10. The van der Waals surface area contributed by atoms with Gasteiger partial charge in [0.1, 0.15) is 0 Å². The summed E-state index contributed by atoms with van der Waals surface area (Å²) in [6.45, 7) is 5.77. The molecule has 0 aromatic rings. The van der Waals surface area contributed by atoms with E-state index < -0.39 is 0 Å². The van der Waals surface area contributed by atoms with Gasteiger partial charge in [-0.1, -0.05) is 25.8 Å². The first-order valence-corrected chi connectivity index (χ1v) is 4.53. The number of isocyanates is 1. The smallest absolute Gasteiger partial charge is 0.211 e. The Bertz CT molecular complexity index is 159. The number of hydrogen-bond acceptors (Lipinski definition) is 2. The van der Waals surface area contributed by atoms with Crippen LogP contribution < -0.4 is 0 Å². The maximum Gasteiger partial charge on any atom is 0.235 e. The molecule has 0 saturated carbocycles. The van der Waals surface area contributed by atoms with Crippen LogP contribution in [0.1, 0.15) is 39.0 Å². The summed E-state index contributed by atoms with van der Waals surface area (Å²) in [5.41, 5.74) is 0. The molecule has 0 amide bonds. The molecule has 0 fully saturated rings. The molecule has 0 aromatic carbocycles. The molecule has 0 heterocycles. The van der Waals surface area contributed by atoms with Crippen LogP contribution in [0.5, 0.6) is 0 Å². The minimum Gasteiger partial charge on any atom is -0.211 e. The third-order valence-corrected chi connectivity index (χ3v) is 1.83. The molecule has 12 heavy (non-hydrogen) atoms. The van der Waals surface area contributed by atoms with Gasteiger partial charge in [0.15, 0.2) is 0 Å². The highest BCUT2D eigenvalue weighted by atomic mass is 16.1. The molecule has 1 unspecified atom stereocenters. The number of rotatable bonds is 7. The number of hydrogen-bond donors (Lipinski definition) is 0. The summed E-state index contributed by atoms with van der Waals surface area (Å²) < 4.78 is 0. The van der Waals surface area contributed by atoms with Gasteiger partial charge in [-0.05, 0) is 19.3 Å². The summed E-state index contributed by atoms with van der Waals surface area (Å²) >= 11 is 0. The Balaban J connectivity index is 3.68. The van der Waals surface area contributed by atoms with Crippen LogP contribution >= 0.6 is 0 Å². The molecule has 0 saturated heterocycles. The van der Waals surface area contributed by atoms with Crippen molar-refractivity contribution in [2.75, 3.05) is 0 Å². The van der Waals surface area contributed by atoms with Gasteiger partial charge in [0.25, 0.3) is 0 Å². The first-order chi connectivity index (χ1) is 5.85. The molecular weight excluding hydrogens is 150 g/mol. The third kappa shape index (κ3) is 5.87. The van der Waals surface area contributed by atoms with E-state index in [1.165, 1.54) is 0 Å². The zero-order valence-corrected chi connectivity index (χ0v) is 7.75. The zero-order chi connectivity index (χ0) is 9.23. The normalized spacial score (nSPS) is 11.8. The Labute approximate surface area is 74.4 Å². The van der Waals surface area contributed by atoms with Gasteiger partial charge in [-0.15, -0.1) is 6.58 Å². The molecule has 0 spiro atoms. The second-order valence-electron chi connectivity index (χ2n) is 2.88. The van der Waals surface area contributed by atoms with Gasteiger partial charge in [-0.25, -0.2) is 9.79 Å².